The summed E-state index contributed by atoms with van der Waals surface area (Å²) < 4.78 is 0. The normalized spacial score (nSPS) is 24.0. The molecule has 0 saturated carbocycles. The van der Waals surface area contributed by atoms with Crippen LogP contribution in [0.1, 0.15) is 18.9 Å². The van der Waals surface area contributed by atoms with Gasteiger partial charge in [0.15, 0.2) is 0 Å². The van der Waals surface area contributed by atoms with E-state index in [1.165, 1.54) is 0 Å². The lowest BCUT2D eigenvalue weighted by Crippen LogP contribution is -2.40. The van der Waals surface area contributed by atoms with Crippen molar-refractivity contribution in [2.24, 2.45) is 5.92 Å². The summed E-state index contributed by atoms with van der Waals surface area (Å²) in [4.78, 5) is 17.9. The molecule has 1 amide bonds. The van der Waals surface area contributed by atoms with Crippen molar-refractivity contribution < 1.29 is 9.90 Å². The molecule has 0 bridgehead atoms. The molecule has 1 saturated heterocycles. The van der Waals surface area contributed by atoms with Crippen molar-refractivity contribution >= 4 is 5.91 Å². The number of nitrogens with zero attached hydrogens (tertiary/aromatic N) is 2. The molecule has 1 aliphatic heterocycles. The predicted octanol–water partition coefficient (Wildman–Crippen LogP) is 0.853. The summed E-state index contributed by atoms with van der Waals surface area (Å²) >= 11 is 0. The molecule has 0 spiro atoms. The first-order valence-electron chi connectivity index (χ1n) is 6.01. The first kappa shape index (κ1) is 12.0. The van der Waals surface area contributed by atoms with Gasteiger partial charge < -0.3 is 10.0 Å². The van der Waals surface area contributed by atoms with Crippen LogP contribution in [0.2, 0.25) is 0 Å². The summed E-state index contributed by atoms with van der Waals surface area (Å²) in [5.41, 5.74) is 0.925. The molecule has 1 aromatic heterocycles. The van der Waals surface area contributed by atoms with E-state index in [4.69, 9.17) is 0 Å². The summed E-state index contributed by atoms with van der Waals surface area (Å²) in [7, 11) is 0. The highest BCUT2D eigenvalue weighted by Crippen LogP contribution is 2.24. The van der Waals surface area contributed by atoms with Crippen molar-refractivity contribution in [3.8, 4) is 0 Å². The van der Waals surface area contributed by atoms with Gasteiger partial charge in [-0.15, -0.1) is 0 Å². The van der Waals surface area contributed by atoms with Gasteiger partial charge in [-0.1, -0.05) is 13.0 Å². The molecule has 2 unspecified atom stereocenters. The highest BCUT2D eigenvalue weighted by Gasteiger charge is 2.33. The lowest BCUT2D eigenvalue weighted by Gasteiger charge is -2.25. The van der Waals surface area contributed by atoms with Crippen molar-refractivity contribution in [3.05, 3.63) is 30.1 Å². The molecule has 1 fully saturated rings. The van der Waals surface area contributed by atoms with Gasteiger partial charge in [-0.3, -0.25) is 9.78 Å². The van der Waals surface area contributed by atoms with E-state index in [-0.39, 0.29) is 18.6 Å². The van der Waals surface area contributed by atoms with E-state index in [0.717, 1.165) is 18.5 Å². The first-order valence-corrected chi connectivity index (χ1v) is 6.01. The van der Waals surface area contributed by atoms with Gasteiger partial charge in [-0.25, -0.2) is 0 Å². The molecule has 2 atom stereocenters. The van der Waals surface area contributed by atoms with Gasteiger partial charge in [0.1, 0.15) is 0 Å². The smallest absolute Gasteiger partial charge is 0.227 e. The molecular weight excluding hydrogens is 216 g/mol. The van der Waals surface area contributed by atoms with Crippen LogP contribution in [-0.4, -0.2) is 40.1 Å². The minimum Gasteiger partial charge on any atom is -0.394 e. The SMILES string of the molecule is CC1CCN(C(=O)Cc2cccnc2)C1CO. The zero-order valence-electron chi connectivity index (χ0n) is 10.0. The highest BCUT2D eigenvalue weighted by molar-refractivity contribution is 5.79. The second-order valence-electron chi connectivity index (χ2n) is 4.64. The third-order valence-corrected chi connectivity index (χ3v) is 3.47. The fraction of sp³-hybridized carbons (Fsp3) is 0.538. The Kier molecular flexibility index (Phi) is 3.74. The highest BCUT2D eigenvalue weighted by atomic mass is 16.3. The summed E-state index contributed by atoms with van der Waals surface area (Å²) in [5, 5.41) is 9.32. The van der Waals surface area contributed by atoms with Crippen LogP contribution in [0.5, 0.6) is 0 Å². The molecule has 0 radical (unpaired) electrons. The lowest BCUT2D eigenvalue weighted by molar-refractivity contribution is -0.132. The topological polar surface area (TPSA) is 53.4 Å². The number of hydrogen-bond donors (Lipinski definition) is 1. The molecule has 4 nitrogen and oxygen atoms in total. The maximum absolute atomic E-state index is 12.1. The van der Waals surface area contributed by atoms with E-state index in [1.807, 2.05) is 12.1 Å². The molecule has 1 aliphatic rings. The summed E-state index contributed by atoms with van der Waals surface area (Å²) in [6.45, 7) is 2.89. The van der Waals surface area contributed by atoms with Gasteiger partial charge in [0.25, 0.3) is 0 Å². The number of aromatic nitrogens is 1. The quantitative estimate of drug-likeness (QED) is 0.843. The first-order chi connectivity index (χ1) is 8.22. The summed E-state index contributed by atoms with van der Waals surface area (Å²) in [5.74, 6) is 0.472. The van der Waals surface area contributed by atoms with E-state index in [9.17, 15) is 9.90 Å². The molecule has 2 heterocycles. The second-order valence-corrected chi connectivity index (χ2v) is 4.64. The van der Waals surface area contributed by atoms with E-state index in [2.05, 4.69) is 11.9 Å². The van der Waals surface area contributed by atoms with Crippen LogP contribution < -0.4 is 0 Å². The van der Waals surface area contributed by atoms with Crippen molar-refractivity contribution in [1.29, 1.82) is 0 Å². The third kappa shape index (κ3) is 2.64. The summed E-state index contributed by atoms with van der Waals surface area (Å²) in [6, 6.07) is 3.72. The van der Waals surface area contributed by atoms with Crippen LogP contribution in [0.3, 0.4) is 0 Å². The molecule has 2 rings (SSSR count). The number of aliphatic hydroxyl groups is 1. The third-order valence-electron chi connectivity index (χ3n) is 3.47. The number of likely N-dealkylation sites (tertiary alicyclic amines) is 1. The van der Waals surface area contributed by atoms with Crippen molar-refractivity contribution in [2.45, 2.75) is 25.8 Å². The Labute approximate surface area is 101 Å². The zero-order chi connectivity index (χ0) is 12.3. The van der Waals surface area contributed by atoms with Gasteiger partial charge in [-0.2, -0.15) is 0 Å². The summed E-state index contributed by atoms with van der Waals surface area (Å²) in [6.07, 6.45) is 4.76. The molecule has 1 N–H and O–H groups in total. The van der Waals surface area contributed by atoms with Crippen LogP contribution in [0.25, 0.3) is 0 Å². The maximum atomic E-state index is 12.1. The fourth-order valence-corrected chi connectivity index (χ4v) is 2.38. The Hall–Kier alpha value is -1.42. The fourth-order valence-electron chi connectivity index (χ4n) is 2.38. The Morgan fingerprint density at radius 3 is 3.12 bits per heavy atom. The van der Waals surface area contributed by atoms with Crippen LogP contribution in [0.4, 0.5) is 0 Å². The lowest BCUT2D eigenvalue weighted by atomic mass is 10.0. The molecule has 0 aliphatic carbocycles. The minimum atomic E-state index is -0.0147. The molecule has 0 aromatic carbocycles. The number of pyridine rings is 1. The molecule has 17 heavy (non-hydrogen) atoms. The number of aliphatic hydroxyl groups excluding tert-OH is 1. The Morgan fingerprint density at radius 2 is 2.47 bits per heavy atom. The number of rotatable bonds is 3. The molecule has 1 aromatic rings. The Balaban J connectivity index is 2.01. The monoisotopic (exact) mass is 234 g/mol. The van der Waals surface area contributed by atoms with Gasteiger partial charge in [0.05, 0.1) is 19.1 Å². The minimum absolute atomic E-state index is 0.0147. The largest absolute Gasteiger partial charge is 0.394 e. The average Bonchev–Trinajstić information content (AvgIpc) is 2.71. The van der Waals surface area contributed by atoms with Gasteiger partial charge in [0, 0.05) is 18.9 Å². The number of carbonyl (C=O) groups excluding carboxylic acids is 1. The van der Waals surface area contributed by atoms with Crippen LogP contribution >= 0.6 is 0 Å². The van der Waals surface area contributed by atoms with Crippen LogP contribution in [-0.2, 0) is 11.2 Å². The van der Waals surface area contributed by atoms with E-state index < -0.39 is 0 Å². The average molecular weight is 234 g/mol. The van der Waals surface area contributed by atoms with E-state index in [1.54, 1.807) is 17.3 Å². The second kappa shape index (κ2) is 5.27. The van der Waals surface area contributed by atoms with Crippen molar-refractivity contribution in [3.63, 3.8) is 0 Å². The number of amides is 1. The van der Waals surface area contributed by atoms with Gasteiger partial charge >= 0.3 is 0 Å². The predicted molar refractivity (Wildman–Crippen MR) is 64.3 cm³/mol. The molecule has 4 heteroatoms. The van der Waals surface area contributed by atoms with E-state index >= 15 is 0 Å². The van der Waals surface area contributed by atoms with E-state index in [0.29, 0.717) is 12.3 Å². The maximum Gasteiger partial charge on any atom is 0.227 e. The zero-order valence-corrected chi connectivity index (χ0v) is 10.0. The van der Waals surface area contributed by atoms with Crippen LogP contribution in [0, 0.1) is 5.92 Å². The standard InChI is InChI=1S/C13H18N2O2/c1-10-4-6-15(12(10)9-16)13(17)7-11-3-2-5-14-8-11/h2-3,5,8,10,12,16H,4,6-7,9H2,1H3. The van der Waals surface area contributed by atoms with Crippen molar-refractivity contribution in [2.75, 3.05) is 13.2 Å². The van der Waals surface area contributed by atoms with Crippen LogP contribution in [0.15, 0.2) is 24.5 Å². The molecule has 92 valence electrons. The molecular formula is C13H18N2O2. The van der Waals surface area contributed by atoms with Gasteiger partial charge in [-0.05, 0) is 24.0 Å². The number of carbonyl (C=O) groups is 1. The Morgan fingerprint density at radius 1 is 1.65 bits per heavy atom. The number of hydrogen-bond acceptors (Lipinski definition) is 3. The Bertz CT molecular complexity index is 380. The van der Waals surface area contributed by atoms with Crippen molar-refractivity contribution in [1.82, 2.24) is 9.88 Å². The van der Waals surface area contributed by atoms with Gasteiger partial charge in [0.2, 0.25) is 5.91 Å².